The van der Waals surface area contributed by atoms with E-state index in [1.807, 2.05) is 0 Å². The van der Waals surface area contributed by atoms with E-state index in [4.69, 9.17) is 9.26 Å². The van der Waals surface area contributed by atoms with Gasteiger partial charge in [-0.3, -0.25) is 0 Å². The van der Waals surface area contributed by atoms with E-state index in [-0.39, 0.29) is 47.6 Å². The lowest BCUT2D eigenvalue weighted by Crippen LogP contribution is -2.46. The predicted molar refractivity (Wildman–Crippen MR) is 134 cm³/mol. The third-order valence-electron chi connectivity index (χ3n) is 7.85. The Morgan fingerprint density at radius 2 is 1.82 bits per heavy atom. The third kappa shape index (κ3) is 5.19. The van der Waals surface area contributed by atoms with Gasteiger partial charge in [-0.15, -0.1) is 13.2 Å². The Kier molecular flexibility index (Phi) is 6.49. The van der Waals surface area contributed by atoms with E-state index in [0.29, 0.717) is 22.7 Å². The topological polar surface area (TPSA) is 97.9 Å². The molecule has 3 aromatic rings. The number of carbonyl (C=O) groups is 1. The third-order valence-corrected chi connectivity index (χ3v) is 7.85. The zero-order chi connectivity index (χ0) is 27.3. The number of carboxylic acid groups (broad SMARTS) is 1. The molecule has 0 amide bonds. The van der Waals surface area contributed by atoms with Crippen molar-refractivity contribution in [2.45, 2.75) is 82.5 Å². The van der Waals surface area contributed by atoms with Crippen LogP contribution in [0.4, 0.5) is 19.0 Å². The van der Waals surface area contributed by atoms with Crippen LogP contribution in [0, 0.1) is 6.92 Å². The van der Waals surface area contributed by atoms with Gasteiger partial charge >= 0.3 is 12.3 Å². The maximum atomic E-state index is 13.1. The molecule has 2 bridgehead atoms. The highest BCUT2D eigenvalue weighted by atomic mass is 19.4. The van der Waals surface area contributed by atoms with Crippen LogP contribution in [0.5, 0.6) is 5.75 Å². The van der Waals surface area contributed by atoms with Gasteiger partial charge in [0, 0.05) is 29.1 Å². The van der Waals surface area contributed by atoms with Gasteiger partial charge in [-0.1, -0.05) is 17.3 Å². The molecule has 0 spiro atoms. The molecule has 206 valence electrons. The Morgan fingerprint density at radius 1 is 1.10 bits per heavy atom. The zero-order valence-electron chi connectivity index (χ0n) is 21.3. The highest BCUT2D eigenvalue weighted by Gasteiger charge is 2.42. The second kappa shape index (κ2) is 9.86. The summed E-state index contributed by atoms with van der Waals surface area (Å²) >= 11 is 0. The van der Waals surface area contributed by atoms with Crippen molar-refractivity contribution in [2.24, 2.45) is 0 Å². The van der Waals surface area contributed by atoms with E-state index in [1.165, 1.54) is 12.1 Å². The monoisotopic (exact) mass is 543 g/mol. The normalized spacial score (nSPS) is 22.8. The van der Waals surface area contributed by atoms with Crippen LogP contribution in [-0.2, 0) is 11.3 Å². The maximum absolute atomic E-state index is 13.1. The number of pyridine rings is 1. The summed E-state index contributed by atoms with van der Waals surface area (Å²) in [4.78, 5) is 18.2. The van der Waals surface area contributed by atoms with Gasteiger partial charge in [0.15, 0.2) is 0 Å². The molecule has 0 unspecified atom stereocenters. The summed E-state index contributed by atoms with van der Waals surface area (Å²) in [6.45, 7) is 1.89. The minimum Gasteiger partial charge on any atom is -0.478 e. The van der Waals surface area contributed by atoms with Crippen molar-refractivity contribution in [2.75, 3.05) is 4.90 Å². The zero-order valence-corrected chi connectivity index (χ0v) is 21.3. The van der Waals surface area contributed by atoms with E-state index in [0.717, 1.165) is 44.3 Å². The van der Waals surface area contributed by atoms with Crippen molar-refractivity contribution in [1.29, 1.82) is 0 Å². The van der Waals surface area contributed by atoms with Crippen molar-refractivity contribution in [3.63, 3.8) is 0 Å². The van der Waals surface area contributed by atoms with Gasteiger partial charge in [0.2, 0.25) is 0 Å². The number of hydrogen-bond donors (Lipinski definition) is 1. The number of para-hydroxylation sites is 1. The lowest BCUT2D eigenvalue weighted by atomic mass is 9.99. The minimum absolute atomic E-state index is 0.0467. The Bertz CT molecular complexity index is 1370. The van der Waals surface area contributed by atoms with Crippen LogP contribution >= 0.6 is 0 Å². The van der Waals surface area contributed by atoms with Crippen molar-refractivity contribution < 1.29 is 37.1 Å². The summed E-state index contributed by atoms with van der Waals surface area (Å²) < 4.78 is 55.5. The van der Waals surface area contributed by atoms with Crippen LogP contribution in [0.1, 0.15) is 71.8 Å². The van der Waals surface area contributed by atoms with E-state index in [1.54, 1.807) is 31.2 Å². The Hall–Kier alpha value is -3.60. The molecule has 1 N–H and O–H groups in total. The van der Waals surface area contributed by atoms with Crippen molar-refractivity contribution in [1.82, 2.24) is 10.1 Å². The van der Waals surface area contributed by atoms with Gasteiger partial charge < -0.3 is 24.0 Å². The second-order valence-electron chi connectivity index (χ2n) is 10.5. The lowest BCUT2D eigenvalue weighted by Gasteiger charge is -2.39. The fourth-order valence-corrected chi connectivity index (χ4v) is 5.97. The number of benzene rings is 1. The smallest absolute Gasteiger partial charge is 0.478 e. The van der Waals surface area contributed by atoms with Gasteiger partial charge in [0.1, 0.15) is 23.0 Å². The molecule has 6 rings (SSSR count). The van der Waals surface area contributed by atoms with Gasteiger partial charge in [0.05, 0.1) is 24.0 Å². The van der Waals surface area contributed by atoms with Gasteiger partial charge in [0.25, 0.3) is 0 Å². The number of hydrogen-bond acceptors (Lipinski definition) is 7. The van der Waals surface area contributed by atoms with E-state index < -0.39 is 12.3 Å². The molecule has 1 aromatic carbocycles. The van der Waals surface area contributed by atoms with Crippen LogP contribution in [0.25, 0.3) is 11.3 Å². The van der Waals surface area contributed by atoms with Crippen molar-refractivity contribution >= 4 is 11.8 Å². The Morgan fingerprint density at radius 3 is 2.46 bits per heavy atom. The number of fused-ring (bicyclic) bond motifs is 2. The molecule has 2 saturated heterocycles. The molecular formula is C28H28F3N3O5. The molecule has 3 fully saturated rings. The van der Waals surface area contributed by atoms with Crippen LogP contribution in [0.15, 0.2) is 40.9 Å². The second-order valence-corrected chi connectivity index (χ2v) is 10.5. The molecule has 2 aromatic heterocycles. The minimum atomic E-state index is -4.83. The number of nitrogens with zero attached hydrogens (tertiary/aromatic N) is 3. The van der Waals surface area contributed by atoms with Gasteiger partial charge in [-0.2, -0.15) is 0 Å². The Balaban J connectivity index is 1.20. The number of aromatic carboxylic acids is 1. The summed E-state index contributed by atoms with van der Waals surface area (Å²) in [7, 11) is 0. The fourth-order valence-electron chi connectivity index (χ4n) is 5.97. The number of carboxylic acids is 1. The van der Waals surface area contributed by atoms with Gasteiger partial charge in [-0.25, -0.2) is 9.78 Å². The molecule has 3 aliphatic rings. The maximum Gasteiger partial charge on any atom is 0.573 e. The average Bonchev–Trinajstić information content (AvgIpc) is 3.58. The van der Waals surface area contributed by atoms with Crippen LogP contribution in [0.2, 0.25) is 0 Å². The highest BCUT2D eigenvalue weighted by Crippen LogP contribution is 2.46. The quantitative estimate of drug-likeness (QED) is 0.357. The summed E-state index contributed by atoms with van der Waals surface area (Å²) in [6, 6.07) is 9.74. The van der Waals surface area contributed by atoms with Crippen LogP contribution in [0.3, 0.4) is 0 Å². The first-order valence-electron chi connectivity index (χ1n) is 13.1. The van der Waals surface area contributed by atoms with Crippen LogP contribution in [-0.4, -0.2) is 45.8 Å². The predicted octanol–water partition coefficient (Wildman–Crippen LogP) is 6.24. The molecule has 8 nitrogen and oxygen atoms in total. The molecule has 39 heavy (non-hydrogen) atoms. The first-order valence-corrected chi connectivity index (χ1v) is 13.1. The molecule has 0 radical (unpaired) electrons. The molecule has 3 atom stereocenters. The van der Waals surface area contributed by atoms with Crippen molar-refractivity contribution in [3.8, 4) is 17.0 Å². The highest BCUT2D eigenvalue weighted by molar-refractivity contribution is 5.89. The lowest BCUT2D eigenvalue weighted by molar-refractivity contribution is -0.274. The fraction of sp³-hybridized carbons (Fsp3) is 0.464. The van der Waals surface area contributed by atoms with E-state index >= 15 is 0 Å². The number of ether oxygens (including phenoxy) is 2. The molecule has 1 saturated carbocycles. The molecule has 1 aliphatic carbocycles. The number of rotatable bonds is 8. The summed E-state index contributed by atoms with van der Waals surface area (Å²) in [5.74, 6) is 0.326. The number of halogens is 3. The molecule has 11 heteroatoms. The van der Waals surface area contributed by atoms with Gasteiger partial charge in [-0.05, 0) is 69.7 Å². The molecule has 4 heterocycles. The number of piperidine rings is 1. The first kappa shape index (κ1) is 25.7. The largest absolute Gasteiger partial charge is 0.573 e. The van der Waals surface area contributed by atoms with Crippen molar-refractivity contribution in [3.05, 3.63) is 59.0 Å². The molecule has 2 aliphatic heterocycles. The molecular weight excluding hydrogens is 515 g/mol. The summed E-state index contributed by atoms with van der Waals surface area (Å²) in [5, 5.41) is 13.5. The summed E-state index contributed by atoms with van der Waals surface area (Å²) in [6.07, 6.45) is 0.519. The standard InChI is InChI=1S/C28H28F3N3O5/c1-15-20(27(35)36)10-11-24(32-15)34-17-8-9-18(34)13-19(12-17)37-14-22-25(33-39-26(22)16-6-7-16)21-4-2-3-5-23(21)38-28(29,30)31/h2-5,10-11,16-19H,6-9,12-14H2,1H3,(H,35,36)/t17-,18+,19-. The van der Waals surface area contributed by atoms with E-state index in [9.17, 15) is 23.1 Å². The number of aryl methyl sites for hydroxylation is 1. The SMILES string of the molecule is Cc1nc(N2[C@@H]3CC[C@H]2C[C@H](OCc2c(-c4ccccc4OC(F)(F)F)noc2C2CC2)C3)ccc1C(=O)O. The average molecular weight is 544 g/mol. The Labute approximate surface area is 222 Å². The number of aromatic nitrogens is 2. The number of anilines is 1. The van der Waals surface area contributed by atoms with E-state index in [2.05, 4.69) is 19.8 Å². The first-order chi connectivity index (χ1) is 18.7. The summed E-state index contributed by atoms with van der Waals surface area (Å²) in [5.41, 5.74) is 1.88. The van der Waals surface area contributed by atoms with Crippen LogP contribution < -0.4 is 9.64 Å². The number of alkyl halides is 3.